The zero-order chi connectivity index (χ0) is 14.5. The highest BCUT2D eigenvalue weighted by atomic mass is 16.5. The van der Waals surface area contributed by atoms with E-state index in [9.17, 15) is 9.90 Å². The molecule has 1 aliphatic heterocycles. The number of ether oxygens (including phenoxy) is 1. The Morgan fingerprint density at radius 3 is 3.05 bits per heavy atom. The van der Waals surface area contributed by atoms with Crippen LogP contribution in [-0.4, -0.2) is 42.2 Å². The lowest BCUT2D eigenvalue weighted by Gasteiger charge is -2.23. The predicted molar refractivity (Wildman–Crippen MR) is 76.8 cm³/mol. The van der Waals surface area contributed by atoms with Gasteiger partial charge in [0.25, 0.3) is 0 Å². The van der Waals surface area contributed by atoms with Crippen molar-refractivity contribution in [2.45, 2.75) is 32.4 Å². The number of rotatable bonds is 5. The molecule has 0 spiro atoms. The van der Waals surface area contributed by atoms with Crippen molar-refractivity contribution in [3.8, 4) is 11.5 Å². The summed E-state index contributed by atoms with van der Waals surface area (Å²) >= 11 is 0. The summed E-state index contributed by atoms with van der Waals surface area (Å²) in [5.74, 6) is 0.729. The van der Waals surface area contributed by atoms with Gasteiger partial charge in [-0.3, -0.25) is 9.69 Å². The van der Waals surface area contributed by atoms with E-state index < -0.39 is 0 Å². The molecule has 1 amide bonds. The van der Waals surface area contributed by atoms with Gasteiger partial charge < -0.3 is 15.2 Å². The fraction of sp³-hybridized carbons (Fsp3) is 0.533. The Morgan fingerprint density at radius 1 is 1.55 bits per heavy atom. The summed E-state index contributed by atoms with van der Waals surface area (Å²) in [6.45, 7) is 4.01. The maximum Gasteiger partial charge on any atom is 0.237 e. The second-order valence-corrected chi connectivity index (χ2v) is 4.98. The smallest absolute Gasteiger partial charge is 0.237 e. The van der Waals surface area contributed by atoms with E-state index in [1.165, 1.54) is 0 Å². The number of phenolic OH excluding ortho intramolecular Hbond substituents is 1. The van der Waals surface area contributed by atoms with Gasteiger partial charge in [-0.2, -0.15) is 0 Å². The highest BCUT2D eigenvalue weighted by Crippen LogP contribution is 2.28. The average Bonchev–Trinajstić information content (AvgIpc) is 2.90. The van der Waals surface area contributed by atoms with Crippen LogP contribution in [0.15, 0.2) is 18.2 Å². The van der Waals surface area contributed by atoms with Crippen LogP contribution in [0, 0.1) is 0 Å². The topological polar surface area (TPSA) is 61.8 Å². The molecule has 110 valence electrons. The molecule has 0 aliphatic carbocycles. The largest absolute Gasteiger partial charge is 0.504 e. The summed E-state index contributed by atoms with van der Waals surface area (Å²) in [5, 5.41) is 12.4. The van der Waals surface area contributed by atoms with Crippen LogP contribution >= 0.6 is 0 Å². The highest BCUT2D eigenvalue weighted by Gasteiger charge is 2.29. The van der Waals surface area contributed by atoms with E-state index in [1.54, 1.807) is 13.1 Å². The number of nitrogens with zero attached hydrogens (tertiary/aromatic N) is 1. The maximum atomic E-state index is 11.8. The van der Waals surface area contributed by atoms with Crippen LogP contribution in [0.4, 0.5) is 0 Å². The summed E-state index contributed by atoms with van der Waals surface area (Å²) in [5.41, 5.74) is 1.04. The first-order chi connectivity index (χ1) is 9.65. The fourth-order valence-corrected chi connectivity index (χ4v) is 2.64. The van der Waals surface area contributed by atoms with Crippen molar-refractivity contribution in [3.05, 3.63) is 23.8 Å². The summed E-state index contributed by atoms with van der Waals surface area (Å²) in [4.78, 5) is 14.0. The van der Waals surface area contributed by atoms with Gasteiger partial charge in [0.05, 0.1) is 12.6 Å². The molecule has 1 fully saturated rings. The van der Waals surface area contributed by atoms with Crippen molar-refractivity contribution in [2.24, 2.45) is 0 Å². The molecule has 1 aromatic rings. The van der Waals surface area contributed by atoms with Crippen molar-refractivity contribution in [1.82, 2.24) is 10.2 Å². The molecule has 5 nitrogen and oxygen atoms in total. The maximum absolute atomic E-state index is 11.8. The van der Waals surface area contributed by atoms with Gasteiger partial charge in [0.15, 0.2) is 11.5 Å². The Balaban J connectivity index is 2.09. The second kappa shape index (κ2) is 6.61. The molecule has 20 heavy (non-hydrogen) atoms. The number of benzene rings is 1. The predicted octanol–water partition coefficient (Wildman–Crippen LogP) is 1.50. The zero-order valence-electron chi connectivity index (χ0n) is 12.1. The Labute approximate surface area is 119 Å². The minimum Gasteiger partial charge on any atom is -0.504 e. The Morgan fingerprint density at radius 2 is 2.35 bits per heavy atom. The van der Waals surface area contributed by atoms with Crippen LogP contribution in [0.1, 0.15) is 25.3 Å². The molecule has 1 atom stereocenters. The van der Waals surface area contributed by atoms with Crippen molar-refractivity contribution in [3.63, 3.8) is 0 Å². The Hall–Kier alpha value is -1.75. The van der Waals surface area contributed by atoms with Gasteiger partial charge in [-0.15, -0.1) is 0 Å². The normalized spacial score (nSPS) is 19.0. The second-order valence-electron chi connectivity index (χ2n) is 4.98. The van der Waals surface area contributed by atoms with Gasteiger partial charge in [-0.05, 0) is 44.0 Å². The molecule has 0 aromatic heterocycles. The summed E-state index contributed by atoms with van der Waals surface area (Å²) in [7, 11) is 1.67. The van der Waals surface area contributed by atoms with Crippen molar-refractivity contribution >= 4 is 5.91 Å². The minimum absolute atomic E-state index is 0.0515. The fourth-order valence-electron chi connectivity index (χ4n) is 2.64. The first-order valence-electron chi connectivity index (χ1n) is 7.06. The number of aromatic hydroxyl groups is 1. The van der Waals surface area contributed by atoms with Crippen LogP contribution in [0.2, 0.25) is 0 Å². The van der Waals surface area contributed by atoms with Crippen LogP contribution in [0.5, 0.6) is 11.5 Å². The van der Waals surface area contributed by atoms with Crippen molar-refractivity contribution in [1.29, 1.82) is 0 Å². The van der Waals surface area contributed by atoms with Crippen LogP contribution in [0.25, 0.3) is 0 Å². The molecular formula is C15H22N2O3. The molecule has 1 unspecified atom stereocenters. The number of likely N-dealkylation sites (tertiary alicyclic amines) is 1. The average molecular weight is 278 g/mol. The quantitative estimate of drug-likeness (QED) is 0.857. The molecular weight excluding hydrogens is 256 g/mol. The Bertz CT molecular complexity index is 476. The van der Waals surface area contributed by atoms with E-state index in [2.05, 4.69) is 10.2 Å². The number of amides is 1. The summed E-state index contributed by atoms with van der Waals surface area (Å²) in [6, 6.07) is 5.31. The zero-order valence-corrected chi connectivity index (χ0v) is 12.1. The van der Waals surface area contributed by atoms with E-state index in [0.29, 0.717) is 18.9 Å². The number of nitrogens with one attached hydrogen (secondary N) is 1. The standard InChI is InChI=1S/C15H22N2O3/c1-3-20-14-9-11(6-7-13(14)18)10-17-8-4-5-12(17)15(19)16-2/h6-7,9,12,18H,3-5,8,10H2,1-2H3,(H,16,19). The van der Waals surface area contributed by atoms with Gasteiger partial charge >= 0.3 is 0 Å². The van der Waals surface area contributed by atoms with Gasteiger partial charge in [-0.1, -0.05) is 6.07 Å². The number of likely N-dealkylation sites (N-methyl/N-ethyl adjacent to an activating group) is 1. The van der Waals surface area contributed by atoms with E-state index in [0.717, 1.165) is 24.9 Å². The van der Waals surface area contributed by atoms with Gasteiger partial charge in [0.2, 0.25) is 5.91 Å². The minimum atomic E-state index is -0.0515. The monoisotopic (exact) mass is 278 g/mol. The van der Waals surface area contributed by atoms with Crippen LogP contribution < -0.4 is 10.1 Å². The van der Waals surface area contributed by atoms with E-state index in [-0.39, 0.29) is 17.7 Å². The van der Waals surface area contributed by atoms with Crippen LogP contribution in [0.3, 0.4) is 0 Å². The van der Waals surface area contributed by atoms with E-state index in [1.807, 2.05) is 19.1 Å². The molecule has 1 aromatic carbocycles. The van der Waals surface area contributed by atoms with E-state index in [4.69, 9.17) is 4.74 Å². The molecule has 0 saturated carbocycles. The third kappa shape index (κ3) is 3.22. The summed E-state index contributed by atoms with van der Waals surface area (Å²) in [6.07, 6.45) is 1.94. The number of carbonyl (C=O) groups is 1. The van der Waals surface area contributed by atoms with Crippen molar-refractivity contribution < 1.29 is 14.6 Å². The lowest BCUT2D eigenvalue weighted by molar-refractivity contribution is -0.125. The molecule has 2 N–H and O–H groups in total. The van der Waals surface area contributed by atoms with Gasteiger partial charge in [0.1, 0.15) is 0 Å². The SMILES string of the molecule is CCOc1cc(CN2CCCC2C(=O)NC)ccc1O. The molecule has 1 aliphatic rings. The van der Waals surface area contributed by atoms with Crippen molar-refractivity contribution in [2.75, 3.05) is 20.2 Å². The molecule has 5 heteroatoms. The number of hydrogen-bond donors (Lipinski definition) is 2. The lowest BCUT2D eigenvalue weighted by Crippen LogP contribution is -2.41. The number of carbonyl (C=O) groups excluding carboxylic acids is 1. The molecule has 0 bridgehead atoms. The number of hydrogen-bond acceptors (Lipinski definition) is 4. The molecule has 1 saturated heterocycles. The third-order valence-corrected chi connectivity index (χ3v) is 3.62. The van der Waals surface area contributed by atoms with E-state index >= 15 is 0 Å². The Kier molecular flexibility index (Phi) is 4.84. The van der Waals surface area contributed by atoms with Gasteiger partial charge in [-0.25, -0.2) is 0 Å². The first-order valence-corrected chi connectivity index (χ1v) is 7.06. The first kappa shape index (κ1) is 14.7. The highest BCUT2D eigenvalue weighted by molar-refractivity contribution is 5.81. The summed E-state index contributed by atoms with van der Waals surface area (Å²) < 4.78 is 5.39. The van der Waals surface area contributed by atoms with Gasteiger partial charge in [0, 0.05) is 13.6 Å². The number of phenols is 1. The van der Waals surface area contributed by atoms with Crippen LogP contribution in [-0.2, 0) is 11.3 Å². The third-order valence-electron chi connectivity index (χ3n) is 3.62. The lowest BCUT2D eigenvalue weighted by atomic mass is 10.1. The molecule has 0 radical (unpaired) electrons. The molecule has 2 rings (SSSR count). The molecule has 1 heterocycles.